The number of nitrogen functional groups attached to an aromatic ring is 1. The number of ether oxygens (including phenoxy) is 2. The fourth-order valence-electron chi connectivity index (χ4n) is 6.52. The van der Waals surface area contributed by atoms with Crippen LogP contribution in [-0.4, -0.2) is 74.8 Å². The lowest BCUT2D eigenvalue weighted by Crippen LogP contribution is -2.36. The minimum absolute atomic E-state index is 0.0765. The molecule has 0 spiro atoms. The third-order valence-corrected chi connectivity index (χ3v) is 9.33. The van der Waals surface area contributed by atoms with E-state index in [2.05, 4.69) is 28.7 Å². The molecule has 0 bridgehead atoms. The molecular weight excluding hydrogens is 610 g/mol. The Balaban J connectivity index is 1.49. The maximum Gasteiger partial charge on any atom is 0.161 e. The van der Waals surface area contributed by atoms with E-state index in [0.29, 0.717) is 43.8 Å². The van der Waals surface area contributed by atoms with E-state index in [1.807, 2.05) is 18.2 Å². The van der Waals surface area contributed by atoms with Crippen LogP contribution in [-0.2, 0) is 17.6 Å². The molecule has 2 heterocycles. The van der Waals surface area contributed by atoms with Gasteiger partial charge in [0, 0.05) is 24.5 Å². The Labute approximate surface area is 284 Å². The fourth-order valence-corrected chi connectivity index (χ4v) is 6.52. The summed E-state index contributed by atoms with van der Waals surface area (Å²) in [7, 11) is 0. The van der Waals surface area contributed by atoms with Crippen LogP contribution in [0.15, 0.2) is 54.9 Å². The van der Waals surface area contributed by atoms with E-state index in [0.717, 1.165) is 48.9 Å². The van der Waals surface area contributed by atoms with Crippen molar-refractivity contribution in [3.8, 4) is 23.3 Å². The van der Waals surface area contributed by atoms with Crippen LogP contribution in [0.2, 0.25) is 0 Å². The molecular formula is C38H52N3O7-. The third kappa shape index (κ3) is 11.2. The number of pyridine rings is 1. The summed E-state index contributed by atoms with van der Waals surface area (Å²) in [5.41, 5.74) is 8.59. The first-order valence-electron chi connectivity index (χ1n) is 17.3. The standard InChI is InChI=1S/C38H52N3O7/c1-2-26-7-3-4-11-35(47-20-19-42)31(10-5-8-26)32(44)14-12-27-13-15-33(45)36(21-27)48-37(34(46)25-43)23-29(22-30-9-6-17-40-30)28-16-18-41-38(39)24-28/h6,9,13,15-18,21,24,26,29,31-32,34-35,37,42-46H,2-4,7,10-12,14,19-20,22-23,25H2,1H3,(H2,39,41)/q-1/t26-,29+,31-,32-,34-,35+,37-/m1/s1. The molecule has 7 atom stereocenters. The van der Waals surface area contributed by atoms with Crippen LogP contribution in [0, 0.1) is 23.7 Å². The highest BCUT2D eigenvalue weighted by Crippen LogP contribution is 2.34. The summed E-state index contributed by atoms with van der Waals surface area (Å²) in [5.74, 6) is 7.17. The van der Waals surface area contributed by atoms with Gasteiger partial charge in [0.15, 0.2) is 11.5 Å². The lowest BCUT2D eigenvalue weighted by Gasteiger charge is -2.31. The molecule has 10 nitrogen and oxygen atoms in total. The molecule has 48 heavy (non-hydrogen) atoms. The molecule has 0 unspecified atom stereocenters. The van der Waals surface area contributed by atoms with Crippen molar-refractivity contribution in [3.63, 3.8) is 0 Å². The zero-order valence-electron chi connectivity index (χ0n) is 28.0. The van der Waals surface area contributed by atoms with Crippen molar-refractivity contribution < 1.29 is 35.0 Å². The van der Waals surface area contributed by atoms with Crippen molar-refractivity contribution in [2.75, 3.05) is 25.6 Å². The quantitative estimate of drug-likeness (QED) is 0.116. The topological polar surface area (TPSA) is 173 Å². The van der Waals surface area contributed by atoms with Crippen molar-refractivity contribution in [2.45, 2.75) is 101 Å². The number of nitrogens with two attached hydrogens (primary N) is 1. The molecule has 1 aliphatic rings. The van der Waals surface area contributed by atoms with Crippen LogP contribution in [0.1, 0.15) is 81.0 Å². The second-order valence-corrected chi connectivity index (χ2v) is 12.8. The number of hydrogen-bond acceptors (Lipinski definition) is 9. The summed E-state index contributed by atoms with van der Waals surface area (Å²) >= 11 is 0. The number of benzene rings is 1. The van der Waals surface area contributed by atoms with Crippen molar-refractivity contribution in [2.24, 2.45) is 11.8 Å². The Hall–Kier alpha value is -3.59. The first-order chi connectivity index (χ1) is 23.3. The number of nitrogens with zero attached hydrogens (tertiary/aromatic N) is 2. The maximum absolute atomic E-state index is 11.4. The molecule has 0 aliphatic heterocycles. The highest BCUT2D eigenvalue weighted by atomic mass is 16.5. The first kappa shape index (κ1) is 37.2. The molecule has 4 rings (SSSR count). The Bertz CT molecular complexity index is 1420. The van der Waals surface area contributed by atoms with Gasteiger partial charge < -0.3 is 45.7 Å². The Morgan fingerprint density at radius 1 is 1.10 bits per heavy atom. The summed E-state index contributed by atoms with van der Waals surface area (Å²) < 4.78 is 12.3. The summed E-state index contributed by atoms with van der Waals surface area (Å²) in [6.45, 7) is 1.77. The Kier molecular flexibility index (Phi) is 15.1. The normalized spacial score (nSPS) is 21.0. The molecule has 7 N–H and O–H groups in total. The summed E-state index contributed by atoms with van der Waals surface area (Å²) in [4.78, 5) is 8.52. The number of phenolic OH excluding ortho intramolecular Hbond substituents is 1. The van der Waals surface area contributed by atoms with Gasteiger partial charge >= 0.3 is 0 Å². The van der Waals surface area contributed by atoms with Crippen LogP contribution >= 0.6 is 0 Å². The number of anilines is 1. The average Bonchev–Trinajstić information content (AvgIpc) is 3.61. The predicted octanol–water partition coefficient (Wildman–Crippen LogP) is 4.12. The van der Waals surface area contributed by atoms with Gasteiger partial charge in [-0.1, -0.05) is 43.9 Å². The van der Waals surface area contributed by atoms with E-state index in [4.69, 9.17) is 15.2 Å². The van der Waals surface area contributed by atoms with Gasteiger partial charge in [-0.15, -0.1) is 5.92 Å². The molecule has 0 saturated heterocycles. The van der Waals surface area contributed by atoms with Crippen LogP contribution in [0.4, 0.5) is 5.82 Å². The van der Waals surface area contributed by atoms with E-state index in [-0.39, 0.29) is 42.7 Å². The van der Waals surface area contributed by atoms with E-state index >= 15 is 0 Å². The monoisotopic (exact) mass is 662 g/mol. The molecule has 3 aromatic rings. The smallest absolute Gasteiger partial charge is 0.161 e. The van der Waals surface area contributed by atoms with Crippen molar-refractivity contribution in [3.05, 3.63) is 71.7 Å². The minimum Gasteiger partial charge on any atom is -0.668 e. The largest absolute Gasteiger partial charge is 0.668 e. The average molecular weight is 663 g/mol. The van der Waals surface area contributed by atoms with Gasteiger partial charge in [-0.3, -0.25) is 0 Å². The van der Waals surface area contributed by atoms with Gasteiger partial charge in [0.1, 0.15) is 18.0 Å². The molecule has 0 fully saturated rings. The third-order valence-electron chi connectivity index (χ3n) is 9.33. The van der Waals surface area contributed by atoms with Crippen molar-refractivity contribution in [1.82, 2.24) is 9.97 Å². The number of aromatic nitrogens is 2. The predicted molar refractivity (Wildman–Crippen MR) is 184 cm³/mol. The molecule has 1 aromatic carbocycles. The van der Waals surface area contributed by atoms with Gasteiger partial charge in [0.25, 0.3) is 0 Å². The molecule has 0 saturated carbocycles. The lowest BCUT2D eigenvalue weighted by molar-refractivity contribution is -0.0515. The number of aliphatic hydroxyl groups is 4. The Morgan fingerprint density at radius 2 is 1.94 bits per heavy atom. The Morgan fingerprint density at radius 3 is 2.67 bits per heavy atom. The molecule has 0 radical (unpaired) electrons. The van der Waals surface area contributed by atoms with Crippen molar-refractivity contribution in [1.29, 1.82) is 0 Å². The minimum atomic E-state index is -1.22. The second-order valence-electron chi connectivity index (χ2n) is 12.8. The van der Waals surface area contributed by atoms with Gasteiger partial charge in [0.2, 0.25) is 0 Å². The molecule has 2 aromatic heterocycles. The van der Waals surface area contributed by atoms with Gasteiger partial charge in [-0.25, -0.2) is 4.98 Å². The molecule has 1 aliphatic carbocycles. The van der Waals surface area contributed by atoms with Crippen LogP contribution in [0.5, 0.6) is 11.5 Å². The van der Waals surface area contributed by atoms with Gasteiger partial charge in [-0.05, 0) is 86.3 Å². The summed E-state index contributed by atoms with van der Waals surface area (Å²) in [5, 5.41) is 52.4. The van der Waals surface area contributed by atoms with E-state index in [1.165, 1.54) is 0 Å². The number of aliphatic hydroxyl groups excluding tert-OH is 4. The number of aromatic hydroxyl groups is 1. The van der Waals surface area contributed by atoms with Crippen LogP contribution in [0.25, 0.3) is 0 Å². The van der Waals surface area contributed by atoms with E-state index in [1.54, 1.807) is 36.7 Å². The molecule has 0 amide bonds. The fraction of sp³-hybridized carbons (Fsp3) is 0.553. The zero-order valence-corrected chi connectivity index (χ0v) is 28.0. The number of hydrogen-bond donors (Lipinski definition) is 6. The van der Waals surface area contributed by atoms with Crippen LogP contribution < -0.4 is 15.5 Å². The summed E-state index contributed by atoms with van der Waals surface area (Å²) in [6, 6.07) is 12.5. The number of phenols is 1. The van der Waals surface area contributed by atoms with E-state index in [9.17, 15) is 25.5 Å². The van der Waals surface area contributed by atoms with Gasteiger partial charge in [-0.2, -0.15) is 11.9 Å². The molecule has 10 heteroatoms. The highest BCUT2D eigenvalue weighted by molar-refractivity contribution is 5.42. The highest BCUT2D eigenvalue weighted by Gasteiger charge is 2.30. The zero-order chi connectivity index (χ0) is 34.3. The SMILES string of the molecule is CC[C@H]1C#CC[C@H]([C@H](O)CCc2ccc(O)c(O[C@H](C[C@H](Cc3ccc[n-]3)c3ccnc(N)c3)[C@H](O)CO)c2)[C@@H](OCCO)CCCC1. The maximum atomic E-state index is 11.4. The van der Waals surface area contributed by atoms with Gasteiger partial charge in [0.05, 0.1) is 32.0 Å². The number of rotatable bonds is 17. The number of aryl methyl sites for hydroxylation is 1. The second kappa shape index (κ2) is 19.4. The summed E-state index contributed by atoms with van der Waals surface area (Å²) in [6.07, 6.45) is 7.60. The molecule has 262 valence electrons. The first-order valence-corrected chi connectivity index (χ1v) is 17.3. The van der Waals surface area contributed by atoms with Crippen molar-refractivity contribution >= 4 is 5.82 Å². The van der Waals surface area contributed by atoms with Crippen LogP contribution in [0.3, 0.4) is 0 Å². The van der Waals surface area contributed by atoms with E-state index < -0.39 is 24.9 Å². The lowest BCUT2D eigenvalue weighted by atomic mass is 9.85.